The highest BCUT2D eigenvalue weighted by atomic mass is 35.5. The second-order valence-electron chi connectivity index (χ2n) is 9.07. The number of nitrogens with one attached hydrogen (secondary N) is 1. The van der Waals surface area contributed by atoms with Crippen LogP contribution in [0.3, 0.4) is 0 Å². The van der Waals surface area contributed by atoms with Crippen molar-refractivity contribution in [3.05, 3.63) is 58.7 Å². The van der Waals surface area contributed by atoms with Crippen molar-refractivity contribution >= 4 is 29.3 Å². The van der Waals surface area contributed by atoms with Crippen molar-refractivity contribution in [1.29, 1.82) is 0 Å². The smallest absolute Gasteiger partial charge is 0.452 e. The summed E-state index contributed by atoms with van der Waals surface area (Å²) in [5.74, 6) is -2.66. The van der Waals surface area contributed by atoms with Crippen LogP contribution in [0, 0.1) is 0 Å². The van der Waals surface area contributed by atoms with E-state index in [1.54, 1.807) is 29.2 Å². The minimum Gasteiger partial charge on any atom is -0.452 e. The minimum atomic E-state index is -5.22. The van der Waals surface area contributed by atoms with Gasteiger partial charge in [0.1, 0.15) is 17.6 Å². The number of carbonyl (C=O) groups is 2. The Hall–Kier alpha value is -3.06. The number of esters is 1. The Morgan fingerprint density at radius 1 is 0.974 bits per heavy atom. The van der Waals surface area contributed by atoms with Gasteiger partial charge < -0.3 is 19.9 Å². The molecular formula is C24H23ClF6N4O3. The summed E-state index contributed by atoms with van der Waals surface area (Å²) < 4.78 is 82.7. The molecule has 1 amide bonds. The van der Waals surface area contributed by atoms with Crippen LogP contribution >= 0.6 is 11.6 Å². The van der Waals surface area contributed by atoms with Crippen LogP contribution in [-0.2, 0) is 15.7 Å². The number of benzene rings is 1. The van der Waals surface area contributed by atoms with Gasteiger partial charge >= 0.3 is 18.3 Å². The highest BCUT2D eigenvalue weighted by Crippen LogP contribution is 2.31. The van der Waals surface area contributed by atoms with Crippen LogP contribution in [0.4, 0.5) is 32.2 Å². The van der Waals surface area contributed by atoms with Crippen molar-refractivity contribution in [3.63, 3.8) is 0 Å². The topological polar surface area (TPSA) is 74.8 Å². The normalized spacial score (nSPS) is 21.0. The number of halogens is 7. The van der Waals surface area contributed by atoms with Gasteiger partial charge in [0.2, 0.25) is 0 Å². The molecule has 0 bridgehead atoms. The van der Waals surface area contributed by atoms with E-state index in [0.29, 0.717) is 36.5 Å². The Kier molecular flexibility index (Phi) is 8.07. The Morgan fingerprint density at radius 3 is 2.24 bits per heavy atom. The van der Waals surface area contributed by atoms with Crippen LogP contribution in [0.5, 0.6) is 0 Å². The fourth-order valence-corrected chi connectivity index (χ4v) is 4.66. The highest BCUT2D eigenvalue weighted by Gasteiger charge is 2.46. The van der Waals surface area contributed by atoms with Crippen LogP contribution in [0.25, 0.3) is 0 Å². The number of ether oxygens (including phenoxy) is 1. The lowest BCUT2D eigenvalue weighted by Gasteiger charge is -2.34. The number of alkyl halides is 6. The van der Waals surface area contributed by atoms with Crippen LogP contribution in [0.15, 0.2) is 42.5 Å². The highest BCUT2D eigenvalue weighted by molar-refractivity contribution is 6.30. The number of aromatic nitrogens is 1. The van der Waals surface area contributed by atoms with Gasteiger partial charge in [0.05, 0.1) is 12.6 Å². The standard InChI is InChI=1S/C24H23ClF6N4O3/c25-15-6-4-14(5-7-15)21(36)34-10-8-16(9-11-34)32-17-12-35(13-18(17)38-22(37)24(29,30)31)20-3-1-2-19(33-20)23(26,27)28/h1-7,16-18,32H,8-13H2. The molecule has 38 heavy (non-hydrogen) atoms. The summed E-state index contributed by atoms with van der Waals surface area (Å²) in [6.45, 7) is 0.436. The number of amides is 1. The van der Waals surface area contributed by atoms with Gasteiger partial charge in [-0.15, -0.1) is 0 Å². The molecule has 2 aliphatic rings. The van der Waals surface area contributed by atoms with Crippen LogP contribution < -0.4 is 10.2 Å². The Morgan fingerprint density at radius 2 is 1.63 bits per heavy atom. The first-order valence-corrected chi connectivity index (χ1v) is 12.1. The molecule has 2 aromatic rings. The maximum Gasteiger partial charge on any atom is 0.490 e. The third-order valence-electron chi connectivity index (χ3n) is 6.43. The van der Waals surface area contributed by atoms with E-state index in [-0.39, 0.29) is 30.9 Å². The van der Waals surface area contributed by atoms with E-state index in [9.17, 15) is 35.9 Å². The van der Waals surface area contributed by atoms with Gasteiger partial charge in [-0.3, -0.25) is 4.79 Å². The van der Waals surface area contributed by atoms with Crippen molar-refractivity contribution in [2.45, 2.75) is 43.4 Å². The Bertz CT molecular complexity index is 1150. The number of hydrogen-bond donors (Lipinski definition) is 1. The zero-order valence-corrected chi connectivity index (χ0v) is 20.5. The van der Waals surface area contributed by atoms with Gasteiger partial charge in [-0.2, -0.15) is 26.3 Å². The molecule has 2 unspecified atom stereocenters. The van der Waals surface area contributed by atoms with Crippen molar-refractivity contribution < 1.29 is 40.7 Å². The maximum absolute atomic E-state index is 13.1. The molecule has 2 aliphatic heterocycles. The van der Waals surface area contributed by atoms with E-state index in [1.165, 1.54) is 11.0 Å². The molecule has 3 heterocycles. The first kappa shape index (κ1) is 28.0. The number of nitrogens with zero attached hydrogens (tertiary/aromatic N) is 3. The van der Waals surface area contributed by atoms with Crippen LogP contribution in [0.2, 0.25) is 5.02 Å². The van der Waals surface area contributed by atoms with Crippen LogP contribution in [-0.4, -0.2) is 72.3 Å². The molecule has 2 atom stereocenters. The van der Waals surface area contributed by atoms with E-state index >= 15 is 0 Å². The summed E-state index contributed by atoms with van der Waals surface area (Å²) in [5, 5.41) is 3.68. The summed E-state index contributed by atoms with van der Waals surface area (Å²) in [6.07, 6.45) is -10.3. The lowest BCUT2D eigenvalue weighted by molar-refractivity contribution is -0.204. The van der Waals surface area contributed by atoms with Crippen LogP contribution in [0.1, 0.15) is 28.9 Å². The summed E-state index contributed by atoms with van der Waals surface area (Å²) in [7, 11) is 0. The van der Waals surface area contributed by atoms with Gasteiger partial charge in [-0.1, -0.05) is 17.7 Å². The van der Waals surface area contributed by atoms with E-state index in [0.717, 1.165) is 12.1 Å². The van der Waals surface area contributed by atoms with Gasteiger partial charge in [-0.05, 0) is 49.2 Å². The predicted octanol–water partition coefficient (Wildman–Crippen LogP) is 4.31. The van der Waals surface area contributed by atoms with Crippen molar-refractivity contribution in [2.24, 2.45) is 0 Å². The molecule has 4 rings (SSSR count). The number of likely N-dealkylation sites (tertiary alicyclic amines) is 1. The fourth-order valence-electron chi connectivity index (χ4n) is 4.53. The van der Waals surface area contributed by atoms with Gasteiger partial charge in [0.15, 0.2) is 0 Å². The SMILES string of the molecule is O=C(c1ccc(Cl)cc1)N1CCC(NC2CN(c3cccc(C(F)(F)F)n3)CC2OC(=O)C(F)(F)F)CC1. The molecule has 2 fully saturated rings. The molecule has 2 saturated heterocycles. The van der Waals surface area contributed by atoms with Gasteiger partial charge in [0.25, 0.3) is 5.91 Å². The summed E-state index contributed by atoms with van der Waals surface area (Å²) in [6, 6.07) is 8.66. The predicted molar refractivity (Wildman–Crippen MR) is 125 cm³/mol. The lowest BCUT2D eigenvalue weighted by Crippen LogP contribution is -2.52. The molecule has 1 N–H and O–H groups in total. The number of pyridine rings is 1. The van der Waals surface area contributed by atoms with Crippen molar-refractivity contribution in [2.75, 3.05) is 31.1 Å². The Balaban J connectivity index is 1.43. The first-order valence-electron chi connectivity index (χ1n) is 11.7. The molecule has 14 heteroatoms. The molecule has 206 valence electrons. The van der Waals surface area contributed by atoms with Crippen molar-refractivity contribution in [3.8, 4) is 0 Å². The number of piperidine rings is 1. The molecule has 0 spiro atoms. The molecule has 1 aromatic carbocycles. The second kappa shape index (κ2) is 11.0. The average Bonchev–Trinajstić information content (AvgIpc) is 3.25. The number of anilines is 1. The summed E-state index contributed by atoms with van der Waals surface area (Å²) in [5.41, 5.74) is -0.673. The average molecular weight is 565 g/mol. The number of hydrogen-bond acceptors (Lipinski definition) is 6. The molecule has 0 radical (unpaired) electrons. The summed E-state index contributed by atoms with van der Waals surface area (Å²) in [4.78, 5) is 30.9. The van der Waals surface area contributed by atoms with E-state index < -0.39 is 36.2 Å². The third kappa shape index (κ3) is 6.68. The number of rotatable bonds is 5. The lowest BCUT2D eigenvalue weighted by atomic mass is 10.0. The third-order valence-corrected chi connectivity index (χ3v) is 6.68. The Labute approximate surface area is 218 Å². The second-order valence-corrected chi connectivity index (χ2v) is 9.51. The fraction of sp³-hybridized carbons (Fsp3) is 0.458. The molecule has 7 nitrogen and oxygen atoms in total. The largest absolute Gasteiger partial charge is 0.490 e. The monoisotopic (exact) mass is 564 g/mol. The molecule has 0 aliphatic carbocycles. The van der Waals surface area contributed by atoms with E-state index in [1.807, 2.05) is 0 Å². The van der Waals surface area contributed by atoms with E-state index in [4.69, 9.17) is 16.3 Å². The molecule has 0 saturated carbocycles. The summed E-state index contributed by atoms with van der Waals surface area (Å²) >= 11 is 5.86. The maximum atomic E-state index is 13.1. The first-order chi connectivity index (χ1) is 17.8. The zero-order valence-electron chi connectivity index (χ0n) is 19.7. The zero-order chi connectivity index (χ0) is 27.7. The quantitative estimate of drug-likeness (QED) is 0.431. The van der Waals surface area contributed by atoms with Gasteiger partial charge in [0, 0.05) is 36.3 Å². The molecule has 1 aromatic heterocycles. The van der Waals surface area contributed by atoms with Crippen molar-refractivity contribution in [1.82, 2.24) is 15.2 Å². The number of carbonyl (C=O) groups excluding carboxylic acids is 2. The minimum absolute atomic E-state index is 0.0337. The van der Waals surface area contributed by atoms with E-state index in [2.05, 4.69) is 10.3 Å². The molecular weight excluding hydrogens is 542 g/mol. The van der Waals surface area contributed by atoms with Gasteiger partial charge in [-0.25, -0.2) is 9.78 Å².